The van der Waals surface area contributed by atoms with Crippen molar-refractivity contribution in [1.29, 1.82) is 0 Å². The lowest BCUT2D eigenvalue weighted by Gasteiger charge is -2.39. The Morgan fingerprint density at radius 2 is 1.83 bits per heavy atom. The third-order valence-electron chi connectivity index (χ3n) is 6.67. The summed E-state index contributed by atoms with van der Waals surface area (Å²) in [6, 6.07) is 13.8. The summed E-state index contributed by atoms with van der Waals surface area (Å²) in [7, 11) is 0. The molecular formula is C28H37N3O4. The zero-order valence-electron chi connectivity index (χ0n) is 21.3. The van der Waals surface area contributed by atoms with E-state index in [2.05, 4.69) is 12.2 Å². The number of aryl methyl sites for hydroxylation is 1. The van der Waals surface area contributed by atoms with Gasteiger partial charge in [-0.25, -0.2) is 4.79 Å². The maximum atomic E-state index is 13.5. The molecule has 0 radical (unpaired) electrons. The van der Waals surface area contributed by atoms with Crippen LogP contribution >= 0.6 is 0 Å². The number of hydrogen-bond donors (Lipinski definition) is 1. The zero-order chi connectivity index (χ0) is 24.9. The van der Waals surface area contributed by atoms with Gasteiger partial charge in [0.2, 0.25) is 5.91 Å². The van der Waals surface area contributed by atoms with Gasteiger partial charge in [-0.15, -0.1) is 0 Å². The van der Waals surface area contributed by atoms with E-state index in [-0.39, 0.29) is 30.1 Å². The summed E-state index contributed by atoms with van der Waals surface area (Å²) >= 11 is 0. The Morgan fingerprint density at radius 1 is 1.11 bits per heavy atom. The number of piperidine rings is 1. The SMILES string of the molecule is CC[C@@H]1CN(C(=O)N2CCC(C(=O)NCc3ccc(OC(C)C)cc3)CC2)c2cc(C)ccc2O1. The molecule has 188 valence electrons. The maximum absolute atomic E-state index is 13.5. The fourth-order valence-electron chi connectivity index (χ4n) is 4.65. The van der Waals surface area contributed by atoms with Gasteiger partial charge in [-0.1, -0.05) is 25.1 Å². The molecule has 7 nitrogen and oxygen atoms in total. The lowest BCUT2D eigenvalue weighted by Crippen LogP contribution is -2.52. The second kappa shape index (κ2) is 11.0. The molecular weight excluding hydrogens is 442 g/mol. The summed E-state index contributed by atoms with van der Waals surface area (Å²) in [5, 5.41) is 3.06. The van der Waals surface area contributed by atoms with Crippen LogP contribution in [0.3, 0.4) is 0 Å². The number of benzene rings is 2. The number of nitrogens with zero attached hydrogens (tertiary/aromatic N) is 2. The first-order valence-corrected chi connectivity index (χ1v) is 12.7. The van der Waals surface area contributed by atoms with E-state index in [0.29, 0.717) is 39.0 Å². The van der Waals surface area contributed by atoms with E-state index in [9.17, 15) is 9.59 Å². The quantitative estimate of drug-likeness (QED) is 0.639. The van der Waals surface area contributed by atoms with Crippen LogP contribution in [0.4, 0.5) is 10.5 Å². The fourth-order valence-corrected chi connectivity index (χ4v) is 4.65. The van der Waals surface area contributed by atoms with Crippen molar-refractivity contribution in [3.8, 4) is 11.5 Å². The standard InChI is InChI=1S/C28H37N3O4/c1-5-23-18-31(25-16-20(4)6-11-26(25)35-23)28(33)30-14-12-22(13-15-30)27(32)29-17-21-7-9-24(10-8-21)34-19(2)3/h6-11,16,19,22-23H,5,12-15,17-18H2,1-4H3,(H,29,32)/t23-/m1/s1. The van der Waals surface area contributed by atoms with E-state index < -0.39 is 0 Å². The average Bonchev–Trinajstić information content (AvgIpc) is 2.86. The highest BCUT2D eigenvalue weighted by atomic mass is 16.5. The Kier molecular flexibility index (Phi) is 7.83. The van der Waals surface area contributed by atoms with Crippen LogP contribution < -0.4 is 19.7 Å². The number of ether oxygens (including phenoxy) is 2. The summed E-state index contributed by atoms with van der Waals surface area (Å²) in [5.74, 6) is 1.57. The van der Waals surface area contributed by atoms with Gasteiger partial charge < -0.3 is 19.7 Å². The Labute approximate surface area is 208 Å². The largest absolute Gasteiger partial charge is 0.491 e. The topological polar surface area (TPSA) is 71.1 Å². The summed E-state index contributed by atoms with van der Waals surface area (Å²) in [6.07, 6.45) is 2.30. The highest BCUT2D eigenvalue weighted by molar-refractivity contribution is 5.94. The van der Waals surface area contributed by atoms with Gasteiger partial charge in [0.15, 0.2) is 0 Å². The van der Waals surface area contributed by atoms with Gasteiger partial charge in [-0.3, -0.25) is 9.69 Å². The van der Waals surface area contributed by atoms with E-state index in [1.165, 1.54) is 0 Å². The van der Waals surface area contributed by atoms with Crippen molar-refractivity contribution in [2.75, 3.05) is 24.5 Å². The van der Waals surface area contributed by atoms with Crippen molar-refractivity contribution in [1.82, 2.24) is 10.2 Å². The molecule has 2 heterocycles. The van der Waals surface area contributed by atoms with Gasteiger partial charge in [-0.05, 0) is 75.4 Å². The number of rotatable bonds is 6. The Balaban J connectivity index is 1.30. The van der Waals surface area contributed by atoms with Crippen molar-refractivity contribution in [2.24, 2.45) is 5.92 Å². The maximum Gasteiger partial charge on any atom is 0.324 e. The summed E-state index contributed by atoms with van der Waals surface area (Å²) in [6.45, 7) is 10.3. The molecule has 3 amide bonds. The molecule has 1 fully saturated rings. The fraction of sp³-hybridized carbons (Fsp3) is 0.500. The molecule has 2 aliphatic heterocycles. The molecule has 2 aromatic carbocycles. The second-order valence-electron chi connectivity index (χ2n) is 9.80. The van der Waals surface area contributed by atoms with Crippen LogP contribution in [0.25, 0.3) is 0 Å². The molecule has 7 heteroatoms. The van der Waals surface area contributed by atoms with E-state index in [4.69, 9.17) is 9.47 Å². The second-order valence-corrected chi connectivity index (χ2v) is 9.80. The lowest BCUT2D eigenvalue weighted by molar-refractivity contribution is -0.126. The monoisotopic (exact) mass is 479 g/mol. The highest BCUT2D eigenvalue weighted by Crippen LogP contribution is 2.36. The van der Waals surface area contributed by atoms with E-state index in [1.54, 1.807) is 0 Å². The molecule has 1 N–H and O–H groups in total. The number of urea groups is 1. The molecule has 0 saturated carbocycles. The van der Waals surface area contributed by atoms with Gasteiger partial charge in [0.1, 0.15) is 17.6 Å². The molecule has 2 aliphatic rings. The van der Waals surface area contributed by atoms with Crippen molar-refractivity contribution in [3.63, 3.8) is 0 Å². The third-order valence-corrected chi connectivity index (χ3v) is 6.67. The normalized spacial score (nSPS) is 18.1. The van der Waals surface area contributed by atoms with Gasteiger partial charge in [0.25, 0.3) is 0 Å². The van der Waals surface area contributed by atoms with Crippen LogP contribution in [0.2, 0.25) is 0 Å². The van der Waals surface area contributed by atoms with E-state index >= 15 is 0 Å². The number of fused-ring (bicyclic) bond motifs is 1. The van der Waals surface area contributed by atoms with Crippen molar-refractivity contribution in [2.45, 2.75) is 65.7 Å². The van der Waals surface area contributed by atoms with Crippen LogP contribution in [0.15, 0.2) is 42.5 Å². The minimum atomic E-state index is -0.0785. The van der Waals surface area contributed by atoms with Gasteiger partial charge >= 0.3 is 6.03 Å². The predicted octanol–water partition coefficient (Wildman–Crippen LogP) is 4.91. The average molecular weight is 480 g/mol. The number of carbonyl (C=O) groups is 2. The number of anilines is 1. The van der Waals surface area contributed by atoms with Gasteiger partial charge in [-0.2, -0.15) is 0 Å². The molecule has 0 bridgehead atoms. The number of hydrogen-bond acceptors (Lipinski definition) is 4. The third kappa shape index (κ3) is 6.08. The van der Waals surface area contributed by atoms with Crippen molar-refractivity contribution < 1.29 is 19.1 Å². The lowest BCUT2D eigenvalue weighted by atomic mass is 9.96. The molecule has 0 aliphatic carbocycles. The smallest absolute Gasteiger partial charge is 0.324 e. The molecule has 2 aromatic rings. The van der Waals surface area contributed by atoms with Gasteiger partial charge in [0, 0.05) is 25.6 Å². The summed E-state index contributed by atoms with van der Waals surface area (Å²) < 4.78 is 11.7. The van der Waals surface area contributed by atoms with Gasteiger partial charge in [0.05, 0.1) is 18.3 Å². The molecule has 0 unspecified atom stereocenters. The number of nitrogens with one attached hydrogen (secondary N) is 1. The van der Waals surface area contributed by atoms with E-state index in [0.717, 1.165) is 34.7 Å². The Bertz CT molecular complexity index is 1030. The van der Waals surface area contributed by atoms with Crippen LogP contribution in [0, 0.1) is 12.8 Å². The van der Waals surface area contributed by atoms with E-state index in [1.807, 2.05) is 73.0 Å². The Hall–Kier alpha value is -3.22. The molecule has 35 heavy (non-hydrogen) atoms. The summed E-state index contributed by atoms with van der Waals surface area (Å²) in [5.41, 5.74) is 2.97. The van der Waals surface area contributed by atoms with Crippen LogP contribution in [0.1, 0.15) is 51.2 Å². The first kappa shape index (κ1) is 24.9. The van der Waals surface area contributed by atoms with Crippen molar-refractivity contribution >= 4 is 17.6 Å². The number of amides is 3. The predicted molar refractivity (Wildman–Crippen MR) is 137 cm³/mol. The number of likely N-dealkylation sites (tertiary alicyclic amines) is 1. The molecule has 1 atom stereocenters. The van der Waals surface area contributed by atoms with Crippen LogP contribution in [-0.4, -0.2) is 48.7 Å². The Morgan fingerprint density at radius 3 is 2.49 bits per heavy atom. The minimum absolute atomic E-state index is 0.00108. The van der Waals surface area contributed by atoms with Crippen LogP contribution in [0.5, 0.6) is 11.5 Å². The first-order chi connectivity index (χ1) is 16.8. The molecule has 0 spiro atoms. The highest BCUT2D eigenvalue weighted by Gasteiger charge is 2.34. The minimum Gasteiger partial charge on any atom is -0.491 e. The summed E-state index contributed by atoms with van der Waals surface area (Å²) in [4.78, 5) is 30.0. The molecule has 1 saturated heterocycles. The van der Waals surface area contributed by atoms with Crippen LogP contribution in [-0.2, 0) is 11.3 Å². The zero-order valence-corrected chi connectivity index (χ0v) is 21.3. The first-order valence-electron chi connectivity index (χ1n) is 12.7. The van der Waals surface area contributed by atoms with Crippen molar-refractivity contribution in [3.05, 3.63) is 53.6 Å². The molecule has 0 aromatic heterocycles. The molecule has 4 rings (SSSR count). The number of carbonyl (C=O) groups excluding carboxylic acids is 2.